The predicted octanol–water partition coefficient (Wildman–Crippen LogP) is 3.92. The molecule has 1 aliphatic heterocycles. The minimum atomic E-state index is 0.470. The Balaban J connectivity index is 1.83. The van der Waals surface area contributed by atoms with Gasteiger partial charge in [-0.3, -0.25) is 9.98 Å². The molecule has 98 valence electrons. The van der Waals surface area contributed by atoms with Crippen molar-refractivity contribution in [3.05, 3.63) is 36.5 Å². The molecule has 1 aromatic carbocycles. The zero-order valence-electron chi connectivity index (χ0n) is 11.0. The zero-order valence-corrected chi connectivity index (χ0v) is 11.8. The SMILES string of the molecule is CCC1CCSC(Nc2cnc3ccccc3c2)=N1. The van der Waals surface area contributed by atoms with Crippen molar-refractivity contribution >= 4 is 33.5 Å². The molecule has 1 atom stereocenters. The molecule has 1 aliphatic rings. The first kappa shape index (κ1) is 12.5. The van der Waals surface area contributed by atoms with Gasteiger partial charge in [0.15, 0.2) is 5.17 Å². The van der Waals surface area contributed by atoms with Gasteiger partial charge in [-0.25, -0.2) is 0 Å². The molecule has 2 aromatic rings. The summed E-state index contributed by atoms with van der Waals surface area (Å²) in [4.78, 5) is 9.18. The van der Waals surface area contributed by atoms with Gasteiger partial charge in [-0.15, -0.1) is 0 Å². The van der Waals surface area contributed by atoms with E-state index in [1.165, 1.54) is 6.42 Å². The third-order valence-corrected chi connectivity index (χ3v) is 4.22. The molecular formula is C15H17N3S. The number of hydrogen-bond donors (Lipinski definition) is 1. The third-order valence-electron chi connectivity index (χ3n) is 3.30. The molecule has 0 spiro atoms. The van der Waals surface area contributed by atoms with E-state index in [0.29, 0.717) is 6.04 Å². The van der Waals surface area contributed by atoms with Crippen LogP contribution in [0, 0.1) is 0 Å². The van der Waals surface area contributed by atoms with Gasteiger partial charge in [0.05, 0.1) is 23.4 Å². The smallest absolute Gasteiger partial charge is 0.161 e. The summed E-state index contributed by atoms with van der Waals surface area (Å²) in [6.45, 7) is 2.19. The Morgan fingerprint density at radius 2 is 2.26 bits per heavy atom. The normalized spacial score (nSPS) is 19.2. The van der Waals surface area contributed by atoms with Crippen molar-refractivity contribution in [2.75, 3.05) is 11.1 Å². The molecule has 0 amide bonds. The van der Waals surface area contributed by atoms with Crippen molar-refractivity contribution in [1.82, 2.24) is 4.98 Å². The Labute approximate surface area is 117 Å². The number of nitrogens with one attached hydrogen (secondary N) is 1. The number of para-hydroxylation sites is 1. The quantitative estimate of drug-likeness (QED) is 0.899. The van der Waals surface area contributed by atoms with E-state index in [2.05, 4.69) is 29.4 Å². The van der Waals surface area contributed by atoms with Crippen LogP contribution in [-0.2, 0) is 0 Å². The van der Waals surface area contributed by atoms with Gasteiger partial charge in [-0.05, 0) is 25.0 Å². The van der Waals surface area contributed by atoms with Crippen LogP contribution in [0.15, 0.2) is 41.5 Å². The highest BCUT2D eigenvalue weighted by atomic mass is 32.2. The third kappa shape index (κ3) is 2.89. The Kier molecular flexibility index (Phi) is 3.69. The fraction of sp³-hybridized carbons (Fsp3) is 0.333. The Morgan fingerprint density at radius 1 is 1.37 bits per heavy atom. The van der Waals surface area contributed by atoms with Crippen LogP contribution in [0.1, 0.15) is 19.8 Å². The van der Waals surface area contributed by atoms with E-state index < -0.39 is 0 Å². The standard InChI is InChI=1S/C15H17N3S/c1-2-12-7-8-19-15(17-12)18-13-9-11-5-3-4-6-14(11)16-10-13/h3-6,9-10,12H,2,7-8H2,1H3,(H,17,18). The molecule has 3 rings (SSSR count). The maximum atomic E-state index is 4.72. The minimum absolute atomic E-state index is 0.470. The molecule has 1 unspecified atom stereocenters. The fourth-order valence-electron chi connectivity index (χ4n) is 2.19. The van der Waals surface area contributed by atoms with Crippen molar-refractivity contribution in [2.24, 2.45) is 4.99 Å². The summed E-state index contributed by atoms with van der Waals surface area (Å²) in [5, 5.41) is 5.56. The summed E-state index contributed by atoms with van der Waals surface area (Å²) in [5.74, 6) is 1.14. The maximum absolute atomic E-state index is 4.72. The van der Waals surface area contributed by atoms with Gasteiger partial charge in [-0.1, -0.05) is 36.9 Å². The summed E-state index contributed by atoms with van der Waals surface area (Å²) in [6.07, 6.45) is 4.17. The molecule has 0 aliphatic carbocycles. The van der Waals surface area contributed by atoms with E-state index in [0.717, 1.165) is 33.9 Å². The zero-order chi connectivity index (χ0) is 13.1. The topological polar surface area (TPSA) is 37.3 Å². The van der Waals surface area contributed by atoms with Crippen LogP contribution in [0.4, 0.5) is 5.69 Å². The van der Waals surface area contributed by atoms with Gasteiger partial charge < -0.3 is 5.32 Å². The van der Waals surface area contributed by atoms with Gasteiger partial charge in [0, 0.05) is 11.1 Å². The second-order valence-corrected chi connectivity index (χ2v) is 5.76. The number of fused-ring (bicyclic) bond motifs is 1. The predicted molar refractivity (Wildman–Crippen MR) is 84.0 cm³/mol. The van der Waals surface area contributed by atoms with Crippen molar-refractivity contribution in [3.63, 3.8) is 0 Å². The number of rotatable bonds is 2. The highest BCUT2D eigenvalue weighted by molar-refractivity contribution is 8.14. The number of aromatic nitrogens is 1. The van der Waals surface area contributed by atoms with Crippen LogP contribution in [-0.4, -0.2) is 21.9 Å². The van der Waals surface area contributed by atoms with Crippen molar-refractivity contribution in [2.45, 2.75) is 25.8 Å². The van der Waals surface area contributed by atoms with Crippen LogP contribution in [0.25, 0.3) is 10.9 Å². The number of amidine groups is 1. The molecule has 0 saturated carbocycles. The first-order valence-corrected chi connectivity index (χ1v) is 7.66. The van der Waals surface area contributed by atoms with E-state index in [-0.39, 0.29) is 0 Å². The van der Waals surface area contributed by atoms with Crippen LogP contribution in [0.2, 0.25) is 0 Å². The highest BCUT2D eigenvalue weighted by Gasteiger charge is 2.14. The van der Waals surface area contributed by atoms with Crippen LogP contribution < -0.4 is 5.32 Å². The number of anilines is 1. The number of aliphatic imine (C=N–C) groups is 1. The lowest BCUT2D eigenvalue weighted by Crippen LogP contribution is -2.19. The lowest BCUT2D eigenvalue weighted by Gasteiger charge is -2.19. The van der Waals surface area contributed by atoms with Crippen molar-refractivity contribution < 1.29 is 0 Å². The molecule has 0 saturated heterocycles. The Morgan fingerprint density at radius 3 is 3.16 bits per heavy atom. The number of benzene rings is 1. The van der Waals surface area contributed by atoms with Gasteiger partial charge in [-0.2, -0.15) is 0 Å². The largest absolute Gasteiger partial charge is 0.334 e. The number of hydrogen-bond acceptors (Lipinski definition) is 4. The van der Waals surface area contributed by atoms with Gasteiger partial charge in [0.2, 0.25) is 0 Å². The lowest BCUT2D eigenvalue weighted by atomic mass is 10.2. The second kappa shape index (κ2) is 5.61. The molecule has 0 radical (unpaired) electrons. The summed E-state index contributed by atoms with van der Waals surface area (Å²) in [5.41, 5.74) is 2.04. The Hall–Kier alpha value is -1.55. The van der Waals surface area contributed by atoms with E-state index in [1.54, 1.807) is 11.8 Å². The van der Waals surface area contributed by atoms with Gasteiger partial charge in [0.1, 0.15) is 0 Å². The lowest BCUT2D eigenvalue weighted by molar-refractivity contribution is 0.634. The van der Waals surface area contributed by atoms with Crippen molar-refractivity contribution in [3.8, 4) is 0 Å². The maximum Gasteiger partial charge on any atom is 0.161 e. The number of nitrogens with zero attached hydrogens (tertiary/aromatic N) is 2. The molecular weight excluding hydrogens is 254 g/mol. The summed E-state index contributed by atoms with van der Waals surface area (Å²) in [7, 11) is 0. The second-order valence-electron chi connectivity index (χ2n) is 4.68. The molecule has 3 nitrogen and oxygen atoms in total. The molecule has 0 bridgehead atoms. The number of pyridine rings is 1. The number of thioether (sulfide) groups is 1. The van der Waals surface area contributed by atoms with E-state index in [1.807, 2.05) is 24.4 Å². The Bertz CT molecular complexity index is 609. The first-order valence-electron chi connectivity index (χ1n) is 6.67. The molecule has 1 aromatic heterocycles. The molecule has 4 heteroatoms. The highest BCUT2D eigenvalue weighted by Crippen LogP contribution is 2.22. The fourth-order valence-corrected chi connectivity index (χ4v) is 3.18. The van der Waals surface area contributed by atoms with Crippen molar-refractivity contribution in [1.29, 1.82) is 0 Å². The molecule has 19 heavy (non-hydrogen) atoms. The minimum Gasteiger partial charge on any atom is -0.334 e. The average Bonchev–Trinajstić information content (AvgIpc) is 2.47. The molecule has 2 heterocycles. The van der Waals surface area contributed by atoms with Gasteiger partial charge >= 0.3 is 0 Å². The van der Waals surface area contributed by atoms with E-state index >= 15 is 0 Å². The summed E-state index contributed by atoms with van der Waals surface area (Å²) in [6, 6.07) is 10.7. The van der Waals surface area contributed by atoms with E-state index in [4.69, 9.17) is 4.99 Å². The van der Waals surface area contributed by atoms with E-state index in [9.17, 15) is 0 Å². The average molecular weight is 271 g/mol. The van der Waals surface area contributed by atoms with Crippen LogP contribution in [0.5, 0.6) is 0 Å². The van der Waals surface area contributed by atoms with Crippen LogP contribution >= 0.6 is 11.8 Å². The van der Waals surface area contributed by atoms with Crippen LogP contribution in [0.3, 0.4) is 0 Å². The summed E-state index contributed by atoms with van der Waals surface area (Å²) >= 11 is 1.79. The monoisotopic (exact) mass is 271 g/mol. The summed E-state index contributed by atoms with van der Waals surface area (Å²) < 4.78 is 0. The molecule has 1 N–H and O–H groups in total. The first-order chi connectivity index (χ1) is 9.35. The molecule has 0 fully saturated rings. The van der Waals surface area contributed by atoms with Gasteiger partial charge in [0.25, 0.3) is 0 Å².